The van der Waals surface area contributed by atoms with Gasteiger partial charge in [0.05, 0.1) is 12.8 Å². The Hall–Kier alpha value is -0.850. The van der Waals surface area contributed by atoms with Gasteiger partial charge in [-0.3, -0.25) is 0 Å². The number of methoxy groups -OCH3 is 1. The molecule has 0 aliphatic carbocycles. The van der Waals surface area contributed by atoms with Gasteiger partial charge in [-0.25, -0.2) is 4.79 Å². The predicted octanol–water partition coefficient (Wildman–Crippen LogP) is 5.43. The summed E-state index contributed by atoms with van der Waals surface area (Å²) in [6.07, 6.45) is 0. The van der Waals surface area contributed by atoms with Crippen LogP contribution in [-0.4, -0.2) is 13.1 Å². The number of nitrogens with two attached hydrogens (primary N) is 1. The molecule has 0 fully saturated rings. The van der Waals surface area contributed by atoms with Crippen molar-refractivity contribution in [3.63, 3.8) is 0 Å². The van der Waals surface area contributed by atoms with Gasteiger partial charge in [0.15, 0.2) is 0 Å². The fourth-order valence-corrected chi connectivity index (χ4v) is 4.75. The van der Waals surface area contributed by atoms with E-state index in [0.717, 1.165) is 24.9 Å². The Balaban J connectivity index is 2.70. The van der Waals surface area contributed by atoms with Crippen molar-refractivity contribution >= 4 is 54.9 Å². The second kappa shape index (κ2) is 6.50. The van der Waals surface area contributed by atoms with Gasteiger partial charge in [0, 0.05) is 13.8 Å². The van der Waals surface area contributed by atoms with Crippen LogP contribution in [0.2, 0.25) is 0 Å². The van der Waals surface area contributed by atoms with E-state index >= 15 is 0 Å². The smallest absolute Gasteiger partial charge is 0.350 e. The van der Waals surface area contributed by atoms with E-state index in [1.807, 2.05) is 18.2 Å². The minimum absolute atomic E-state index is 0.215. The molecule has 0 bridgehead atoms. The third kappa shape index (κ3) is 3.33. The zero-order valence-corrected chi connectivity index (χ0v) is 15.9. The van der Waals surface area contributed by atoms with Crippen LogP contribution < -0.4 is 5.73 Å². The summed E-state index contributed by atoms with van der Waals surface area (Å²) < 4.78 is 6.75. The Bertz CT molecular complexity index is 675. The van der Waals surface area contributed by atoms with Crippen LogP contribution in [0.25, 0.3) is 10.4 Å². The molecule has 3 nitrogen and oxygen atoms in total. The summed E-state index contributed by atoms with van der Waals surface area (Å²) in [6, 6.07) is 6.00. The number of anilines is 1. The van der Waals surface area contributed by atoms with Gasteiger partial charge in [-0.15, -0.1) is 11.3 Å². The lowest BCUT2D eigenvalue weighted by Gasteiger charge is -2.10. The zero-order chi connectivity index (χ0) is 15.7. The van der Waals surface area contributed by atoms with E-state index in [2.05, 4.69) is 45.7 Å². The van der Waals surface area contributed by atoms with Gasteiger partial charge in [0.2, 0.25) is 0 Å². The molecule has 0 unspecified atom stereocenters. The molecule has 0 amide bonds. The number of halogens is 2. The molecule has 1 aromatic heterocycles. The first-order valence-corrected chi connectivity index (χ1v) is 8.72. The fraction of sp³-hybridized carbons (Fsp3) is 0.267. The minimum Gasteiger partial charge on any atom is -0.465 e. The first-order chi connectivity index (χ1) is 9.85. The Morgan fingerprint density at radius 3 is 2.29 bits per heavy atom. The monoisotopic (exact) mass is 431 g/mol. The number of nitrogen functional groups attached to an aromatic ring is 1. The molecule has 112 valence electrons. The van der Waals surface area contributed by atoms with Gasteiger partial charge in [-0.1, -0.05) is 45.7 Å². The third-order valence-electron chi connectivity index (χ3n) is 3.06. The highest BCUT2D eigenvalue weighted by atomic mass is 79.9. The molecule has 1 heterocycles. The number of rotatable bonds is 3. The molecule has 0 aliphatic rings. The van der Waals surface area contributed by atoms with Gasteiger partial charge in [-0.2, -0.15) is 0 Å². The van der Waals surface area contributed by atoms with Crippen molar-refractivity contribution in [3.8, 4) is 10.4 Å². The lowest BCUT2D eigenvalue weighted by Crippen LogP contribution is -2.03. The number of carbonyl (C=O) groups is 1. The summed E-state index contributed by atoms with van der Waals surface area (Å²) >= 11 is 8.36. The maximum Gasteiger partial charge on any atom is 0.350 e. The van der Waals surface area contributed by atoms with Crippen LogP contribution in [0.15, 0.2) is 27.1 Å². The number of ether oxygens (including phenoxy) is 1. The Labute approximate surface area is 144 Å². The van der Waals surface area contributed by atoms with Crippen LogP contribution in [0.5, 0.6) is 0 Å². The lowest BCUT2D eigenvalue weighted by atomic mass is 9.98. The van der Waals surface area contributed by atoms with E-state index in [0.29, 0.717) is 10.6 Å². The quantitative estimate of drug-likeness (QED) is 0.657. The van der Waals surface area contributed by atoms with Gasteiger partial charge in [-0.05, 0) is 35.2 Å². The topological polar surface area (TPSA) is 52.3 Å². The van der Waals surface area contributed by atoms with Gasteiger partial charge in [0.1, 0.15) is 4.88 Å². The third-order valence-corrected chi connectivity index (χ3v) is 5.22. The zero-order valence-electron chi connectivity index (χ0n) is 11.9. The highest BCUT2D eigenvalue weighted by Crippen LogP contribution is 2.44. The van der Waals surface area contributed by atoms with Crippen molar-refractivity contribution in [3.05, 3.63) is 37.6 Å². The van der Waals surface area contributed by atoms with Crippen molar-refractivity contribution in [1.29, 1.82) is 0 Å². The summed E-state index contributed by atoms with van der Waals surface area (Å²) in [5, 5.41) is 0. The predicted molar refractivity (Wildman–Crippen MR) is 95.0 cm³/mol. The van der Waals surface area contributed by atoms with Crippen LogP contribution in [0.3, 0.4) is 0 Å². The first kappa shape index (κ1) is 16.5. The number of benzene rings is 1. The number of hydrogen-bond acceptors (Lipinski definition) is 4. The molecule has 0 spiro atoms. The maximum absolute atomic E-state index is 11.9. The highest BCUT2D eigenvalue weighted by Gasteiger charge is 2.24. The standard InChI is InChI=1S/C15H15Br2NO2S/c1-7(2)11-12(18)14(15(19)20-3)21-13(11)8-4-9(16)6-10(17)5-8/h4-7H,18H2,1-3H3. The average Bonchev–Trinajstić information content (AvgIpc) is 2.74. The molecule has 21 heavy (non-hydrogen) atoms. The molecule has 2 N–H and O–H groups in total. The lowest BCUT2D eigenvalue weighted by molar-refractivity contribution is 0.0607. The molecule has 6 heteroatoms. The number of hydrogen-bond donors (Lipinski definition) is 1. The molecular formula is C15H15Br2NO2S. The van der Waals surface area contributed by atoms with Gasteiger partial charge < -0.3 is 10.5 Å². The van der Waals surface area contributed by atoms with E-state index in [1.54, 1.807) is 0 Å². The molecule has 1 aromatic carbocycles. The van der Waals surface area contributed by atoms with Crippen molar-refractivity contribution in [2.45, 2.75) is 19.8 Å². The fourth-order valence-electron chi connectivity index (χ4n) is 2.17. The van der Waals surface area contributed by atoms with Crippen molar-refractivity contribution in [1.82, 2.24) is 0 Å². The van der Waals surface area contributed by atoms with Crippen LogP contribution in [0, 0.1) is 0 Å². The molecule has 0 atom stereocenters. The minimum atomic E-state index is -0.389. The summed E-state index contributed by atoms with van der Waals surface area (Å²) in [7, 11) is 1.37. The van der Waals surface area contributed by atoms with E-state index in [9.17, 15) is 4.79 Å². The molecular weight excluding hydrogens is 418 g/mol. The van der Waals surface area contributed by atoms with Gasteiger partial charge >= 0.3 is 5.97 Å². The summed E-state index contributed by atoms with van der Waals surface area (Å²) in [4.78, 5) is 13.3. The number of carbonyl (C=O) groups excluding carboxylic acids is 1. The SMILES string of the molecule is COC(=O)c1sc(-c2cc(Br)cc(Br)c2)c(C(C)C)c1N. The first-order valence-electron chi connectivity index (χ1n) is 6.32. The van der Waals surface area contributed by atoms with Crippen molar-refractivity contribution < 1.29 is 9.53 Å². The van der Waals surface area contributed by atoms with Crippen LogP contribution >= 0.6 is 43.2 Å². The largest absolute Gasteiger partial charge is 0.465 e. The normalized spacial score (nSPS) is 11.0. The van der Waals surface area contributed by atoms with Crippen molar-refractivity contribution in [2.75, 3.05) is 12.8 Å². The molecule has 0 radical (unpaired) electrons. The van der Waals surface area contributed by atoms with Crippen LogP contribution in [0.4, 0.5) is 5.69 Å². The van der Waals surface area contributed by atoms with Gasteiger partial charge in [0.25, 0.3) is 0 Å². The second-order valence-corrected chi connectivity index (χ2v) is 7.74. The summed E-state index contributed by atoms with van der Waals surface area (Å²) in [5.41, 5.74) is 8.71. The summed E-state index contributed by atoms with van der Waals surface area (Å²) in [5.74, 6) is -0.174. The van der Waals surface area contributed by atoms with E-state index in [4.69, 9.17) is 10.5 Å². The molecule has 2 aromatic rings. The van der Waals surface area contributed by atoms with Crippen LogP contribution in [0.1, 0.15) is 35.0 Å². The highest BCUT2D eigenvalue weighted by molar-refractivity contribution is 9.11. The second-order valence-electron chi connectivity index (χ2n) is 4.89. The molecule has 0 saturated heterocycles. The van der Waals surface area contributed by atoms with Crippen molar-refractivity contribution in [2.24, 2.45) is 0 Å². The van der Waals surface area contributed by atoms with Crippen LogP contribution in [-0.2, 0) is 4.74 Å². The van der Waals surface area contributed by atoms with E-state index < -0.39 is 0 Å². The molecule has 2 rings (SSSR count). The average molecular weight is 433 g/mol. The van der Waals surface area contributed by atoms with E-state index in [1.165, 1.54) is 18.4 Å². The number of thiophene rings is 1. The molecule has 0 saturated carbocycles. The Morgan fingerprint density at radius 2 is 1.81 bits per heavy atom. The number of esters is 1. The summed E-state index contributed by atoms with van der Waals surface area (Å²) in [6.45, 7) is 4.13. The Morgan fingerprint density at radius 1 is 1.24 bits per heavy atom. The van der Waals surface area contributed by atoms with E-state index in [-0.39, 0.29) is 11.9 Å². The Kier molecular flexibility index (Phi) is 5.11. The maximum atomic E-state index is 11.9. The molecule has 0 aliphatic heterocycles.